The maximum Gasteiger partial charge on any atom is 1.00 e. The number of amides is 2. The van der Waals surface area contributed by atoms with Crippen molar-refractivity contribution in [3.63, 3.8) is 0 Å². The Bertz CT molecular complexity index is 350. The topological polar surface area (TPSA) is 124 Å². The first kappa shape index (κ1) is 13.0. The zero-order valence-corrected chi connectivity index (χ0v) is 9.42. The smallest absolute Gasteiger partial charge is 0.745 e. The first-order valence-electron chi connectivity index (χ1n) is 2.79. The first-order valence-corrected chi connectivity index (χ1v) is 4.20. The number of carbonyl (C=O) groups excluding carboxylic acids is 2. The number of aliphatic hydroxyl groups is 1. The van der Waals surface area contributed by atoms with E-state index in [-0.39, 0.29) is 29.6 Å². The molecular weight excluding hydrogens is 213 g/mol. The fraction of sp³-hybridized carbons (Fsp3) is 0.500. The van der Waals surface area contributed by atoms with E-state index in [0.29, 0.717) is 0 Å². The molecule has 0 radical (unpaired) electrons. The maximum atomic E-state index is 10.6. The average molecular weight is 217 g/mol. The molecule has 0 aromatic rings. The van der Waals surface area contributed by atoms with Crippen molar-refractivity contribution in [2.24, 2.45) is 0 Å². The molecule has 9 heteroatoms. The Morgan fingerprint density at radius 2 is 1.92 bits per heavy atom. The van der Waals surface area contributed by atoms with Gasteiger partial charge in [-0.3, -0.25) is 14.9 Å². The molecule has 2 N–H and O–H groups in total. The van der Waals surface area contributed by atoms with E-state index < -0.39 is 33.3 Å². The molecule has 1 rings (SSSR count). The molecule has 0 aliphatic carbocycles. The number of carbonyl (C=O) groups is 2. The first-order chi connectivity index (χ1) is 5.27. The molecule has 1 fully saturated rings. The number of nitrogens with one attached hydrogen (secondary N) is 1. The van der Waals surface area contributed by atoms with Crippen LogP contribution in [-0.4, -0.2) is 34.8 Å². The van der Waals surface area contributed by atoms with Crippen LogP contribution in [-0.2, 0) is 19.7 Å². The molecule has 68 valence electrons. The fourth-order valence-electron chi connectivity index (χ4n) is 0.768. The standard InChI is InChI=1S/C4H5NO6S.Na/c6-2-1-4(8,3(7)5-2)12(9,10)11;/h8H,1H2,(H,5,6,7)(H,9,10,11);/q;+1/p-1. The fourth-order valence-corrected chi connectivity index (χ4v) is 1.35. The molecule has 0 saturated carbocycles. The molecule has 2 amide bonds. The number of hydrogen-bond acceptors (Lipinski definition) is 6. The molecule has 0 aromatic heterocycles. The molecule has 0 bridgehead atoms. The van der Waals surface area contributed by atoms with E-state index in [2.05, 4.69) is 0 Å². The summed E-state index contributed by atoms with van der Waals surface area (Å²) in [6.45, 7) is 0. The summed E-state index contributed by atoms with van der Waals surface area (Å²) in [4.78, 5) is 17.9. The molecule has 0 spiro atoms. The van der Waals surface area contributed by atoms with E-state index in [9.17, 15) is 22.6 Å². The molecule has 1 aliphatic heterocycles. The zero-order valence-electron chi connectivity index (χ0n) is 6.60. The summed E-state index contributed by atoms with van der Waals surface area (Å²) in [6, 6.07) is 0. The third kappa shape index (κ3) is 2.09. The van der Waals surface area contributed by atoms with Gasteiger partial charge in [-0.1, -0.05) is 0 Å². The van der Waals surface area contributed by atoms with Crippen LogP contribution in [0.3, 0.4) is 0 Å². The Kier molecular flexibility index (Phi) is 3.64. The summed E-state index contributed by atoms with van der Waals surface area (Å²) >= 11 is 0. The minimum Gasteiger partial charge on any atom is -0.745 e. The molecule has 1 aliphatic rings. The third-order valence-electron chi connectivity index (χ3n) is 1.42. The van der Waals surface area contributed by atoms with Crippen molar-refractivity contribution in [3.05, 3.63) is 0 Å². The molecule has 0 aromatic carbocycles. The molecule has 1 saturated heterocycles. The van der Waals surface area contributed by atoms with Gasteiger partial charge in [0.2, 0.25) is 10.8 Å². The van der Waals surface area contributed by atoms with Gasteiger partial charge in [0.15, 0.2) is 0 Å². The zero-order chi connectivity index (χ0) is 9.57. The van der Waals surface area contributed by atoms with Crippen LogP contribution in [0.2, 0.25) is 0 Å². The Morgan fingerprint density at radius 3 is 2.08 bits per heavy atom. The summed E-state index contributed by atoms with van der Waals surface area (Å²) < 4.78 is 30.9. The van der Waals surface area contributed by atoms with Gasteiger partial charge >= 0.3 is 29.6 Å². The van der Waals surface area contributed by atoms with Gasteiger partial charge in [-0.2, -0.15) is 0 Å². The second-order valence-corrected chi connectivity index (χ2v) is 3.88. The number of hydrogen-bond donors (Lipinski definition) is 2. The van der Waals surface area contributed by atoms with E-state index in [1.54, 1.807) is 0 Å². The maximum absolute atomic E-state index is 10.6. The van der Waals surface area contributed by atoms with Crippen molar-refractivity contribution in [2.45, 2.75) is 11.4 Å². The summed E-state index contributed by atoms with van der Waals surface area (Å²) in [6.07, 6.45) is -1.03. The second-order valence-electron chi connectivity index (χ2n) is 2.29. The van der Waals surface area contributed by atoms with Crippen LogP contribution in [0.5, 0.6) is 0 Å². The molecule has 1 unspecified atom stereocenters. The van der Waals surface area contributed by atoms with E-state index in [1.807, 2.05) is 0 Å². The van der Waals surface area contributed by atoms with Crippen molar-refractivity contribution in [3.8, 4) is 0 Å². The van der Waals surface area contributed by atoms with E-state index in [4.69, 9.17) is 5.11 Å². The second kappa shape index (κ2) is 3.64. The van der Waals surface area contributed by atoms with Gasteiger partial charge in [0.25, 0.3) is 5.91 Å². The van der Waals surface area contributed by atoms with Gasteiger partial charge in [-0.25, -0.2) is 8.42 Å². The van der Waals surface area contributed by atoms with Crippen molar-refractivity contribution in [2.75, 3.05) is 0 Å². The van der Waals surface area contributed by atoms with Crippen LogP contribution >= 0.6 is 0 Å². The van der Waals surface area contributed by atoms with Gasteiger partial charge in [0.1, 0.15) is 10.1 Å². The molecule has 13 heavy (non-hydrogen) atoms. The SMILES string of the molecule is O=C1CC(O)(S(=O)(=O)[O-])C(=O)N1.[Na+]. The monoisotopic (exact) mass is 217 g/mol. The van der Waals surface area contributed by atoms with Crippen LogP contribution in [0.4, 0.5) is 0 Å². The Morgan fingerprint density at radius 1 is 1.46 bits per heavy atom. The summed E-state index contributed by atoms with van der Waals surface area (Å²) in [5, 5.41) is 10.4. The van der Waals surface area contributed by atoms with Gasteiger partial charge < -0.3 is 9.66 Å². The van der Waals surface area contributed by atoms with Crippen LogP contribution in [0, 0.1) is 0 Å². The Hall–Kier alpha value is 0.0100. The third-order valence-corrected chi connectivity index (χ3v) is 2.58. The van der Waals surface area contributed by atoms with Crippen LogP contribution < -0.4 is 34.9 Å². The molecule has 1 atom stereocenters. The summed E-state index contributed by atoms with van der Waals surface area (Å²) in [5.41, 5.74) is 0. The van der Waals surface area contributed by atoms with Gasteiger partial charge in [0.05, 0.1) is 6.42 Å². The van der Waals surface area contributed by atoms with Crippen molar-refractivity contribution < 1.29 is 57.2 Å². The Balaban J connectivity index is 0.00000144. The van der Waals surface area contributed by atoms with Crippen molar-refractivity contribution in [1.29, 1.82) is 0 Å². The molecule has 7 nitrogen and oxygen atoms in total. The van der Waals surface area contributed by atoms with Crippen LogP contribution in [0.1, 0.15) is 6.42 Å². The van der Waals surface area contributed by atoms with E-state index in [0.717, 1.165) is 0 Å². The normalized spacial score (nSPS) is 28.2. The number of rotatable bonds is 1. The van der Waals surface area contributed by atoms with Gasteiger partial charge in [-0.05, 0) is 0 Å². The quantitative estimate of drug-likeness (QED) is 0.256. The van der Waals surface area contributed by atoms with Crippen molar-refractivity contribution >= 4 is 21.9 Å². The molecule has 1 heterocycles. The van der Waals surface area contributed by atoms with Crippen LogP contribution in [0.15, 0.2) is 0 Å². The predicted octanol–water partition coefficient (Wildman–Crippen LogP) is -5.73. The summed E-state index contributed by atoms with van der Waals surface area (Å²) in [7, 11) is -5.21. The van der Waals surface area contributed by atoms with Gasteiger partial charge in [0, 0.05) is 0 Å². The number of imide groups is 1. The van der Waals surface area contributed by atoms with E-state index in [1.165, 1.54) is 5.32 Å². The minimum absolute atomic E-state index is 0. The average Bonchev–Trinajstić information content (AvgIpc) is 2.06. The van der Waals surface area contributed by atoms with Gasteiger partial charge in [-0.15, -0.1) is 0 Å². The predicted molar refractivity (Wildman–Crippen MR) is 32.4 cm³/mol. The minimum atomic E-state index is -5.21. The van der Waals surface area contributed by atoms with E-state index >= 15 is 0 Å². The summed E-state index contributed by atoms with van der Waals surface area (Å²) in [5.74, 6) is -2.47. The molecular formula is C4H4NNaO6S. The van der Waals surface area contributed by atoms with Crippen molar-refractivity contribution in [1.82, 2.24) is 5.32 Å². The van der Waals surface area contributed by atoms with Crippen LogP contribution in [0.25, 0.3) is 0 Å². The Labute approximate surface area is 95.5 Å². The largest absolute Gasteiger partial charge is 1.00 e.